The molecular weight excluding hydrogens is 270 g/mol. The van der Waals surface area contributed by atoms with E-state index in [0.717, 1.165) is 25.1 Å². The van der Waals surface area contributed by atoms with Gasteiger partial charge in [-0.25, -0.2) is 9.97 Å². The molecule has 1 aliphatic carbocycles. The summed E-state index contributed by atoms with van der Waals surface area (Å²) in [6, 6.07) is 0. The van der Waals surface area contributed by atoms with E-state index in [9.17, 15) is 0 Å². The number of nitrogens with zero attached hydrogens (tertiary/aromatic N) is 5. The Kier molecular flexibility index (Phi) is 2.49. The standard InChI is InChI=1S/C13H15N7O/c1-20-6-5-15-10(20)9-18-11(21-19-9)8-7-16-12(17-8)13(14)3-2-4-13/h5-7H,2-4,14H2,1H3,(H,16,17). The third kappa shape index (κ3) is 1.87. The zero-order valence-electron chi connectivity index (χ0n) is 11.6. The first-order valence-corrected chi connectivity index (χ1v) is 6.82. The van der Waals surface area contributed by atoms with Gasteiger partial charge in [0, 0.05) is 19.4 Å². The van der Waals surface area contributed by atoms with Crippen LogP contribution in [0.5, 0.6) is 0 Å². The molecule has 3 N–H and O–H groups in total. The van der Waals surface area contributed by atoms with Gasteiger partial charge >= 0.3 is 0 Å². The highest BCUT2D eigenvalue weighted by atomic mass is 16.5. The molecule has 0 bridgehead atoms. The Morgan fingerprint density at radius 2 is 2.24 bits per heavy atom. The number of hydrogen-bond donors (Lipinski definition) is 2. The van der Waals surface area contributed by atoms with E-state index >= 15 is 0 Å². The highest BCUT2D eigenvalue weighted by Gasteiger charge is 2.37. The molecule has 0 saturated heterocycles. The zero-order valence-corrected chi connectivity index (χ0v) is 11.6. The second kappa shape index (κ2) is 4.26. The third-order valence-corrected chi connectivity index (χ3v) is 3.97. The summed E-state index contributed by atoms with van der Waals surface area (Å²) in [7, 11) is 1.88. The Balaban J connectivity index is 1.66. The van der Waals surface area contributed by atoms with Gasteiger partial charge in [-0.2, -0.15) is 4.98 Å². The van der Waals surface area contributed by atoms with Gasteiger partial charge < -0.3 is 19.8 Å². The molecule has 21 heavy (non-hydrogen) atoms. The molecule has 0 aromatic carbocycles. The molecule has 0 atom stereocenters. The minimum Gasteiger partial charge on any atom is -0.336 e. The minimum atomic E-state index is -0.333. The normalized spacial score (nSPS) is 16.9. The average molecular weight is 285 g/mol. The Morgan fingerprint density at radius 3 is 2.90 bits per heavy atom. The average Bonchev–Trinajstić information content (AvgIpc) is 3.14. The summed E-state index contributed by atoms with van der Waals surface area (Å²) in [4.78, 5) is 16.1. The number of aromatic nitrogens is 6. The number of aryl methyl sites for hydroxylation is 1. The van der Waals surface area contributed by atoms with Gasteiger partial charge in [0.1, 0.15) is 11.5 Å². The number of nitrogens with one attached hydrogen (secondary N) is 1. The van der Waals surface area contributed by atoms with E-state index in [2.05, 4.69) is 25.1 Å². The van der Waals surface area contributed by atoms with Crippen molar-refractivity contribution in [2.45, 2.75) is 24.8 Å². The van der Waals surface area contributed by atoms with Gasteiger partial charge in [-0.1, -0.05) is 5.16 Å². The molecule has 0 aliphatic heterocycles. The number of H-pyrrole nitrogens is 1. The first-order chi connectivity index (χ1) is 10.2. The summed E-state index contributed by atoms with van der Waals surface area (Å²) in [5, 5.41) is 3.95. The summed E-state index contributed by atoms with van der Waals surface area (Å²) in [5.41, 5.74) is 6.59. The van der Waals surface area contributed by atoms with Gasteiger partial charge in [-0.3, -0.25) is 0 Å². The maximum Gasteiger partial charge on any atom is 0.276 e. The lowest BCUT2D eigenvalue weighted by molar-refractivity contribution is 0.240. The molecular formula is C13H15N7O. The Hall–Kier alpha value is -2.48. The number of nitrogens with two attached hydrogens (primary N) is 1. The van der Waals surface area contributed by atoms with Crippen LogP contribution in [-0.2, 0) is 12.6 Å². The highest BCUT2D eigenvalue weighted by molar-refractivity contribution is 5.51. The smallest absolute Gasteiger partial charge is 0.276 e. The van der Waals surface area contributed by atoms with Crippen LogP contribution >= 0.6 is 0 Å². The van der Waals surface area contributed by atoms with Gasteiger partial charge in [-0.05, 0) is 19.3 Å². The van der Waals surface area contributed by atoms with Crippen molar-refractivity contribution in [3.8, 4) is 23.2 Å². The van der Waals surface area contributed by atoms with Crippen LogP contribution in [-0.4, -0.2) is 29.7 Å². The van der Waals surface area contributed by atoms with Gasteiger partial charge in [0.15, 0.2) is 5.82 Å². The number of aromatic amines is 1. The van der Waals surface area contributed by atoms with Crippen LogP contribution < -0.4 is 5.73 Å². The lowest BCUT2D eigenvalue weighted by Gasteiger charge is -2.35. The summed E-state index contributed by atoms with van der Waals surface area (Å²) in [5.74, 6) is 2.26. The first-order valence-electron chi connectivity index (χ1n) is 6.82. The molecule has 8 heteroatoms. The molecule has 0 radical (unpaired) electrons. The maximum absolute atomic E-state index is 6.24. The highest BCUT2D eigenvalue weighted by Crippen LogP contribution is 2.37. The van der Waals surface area contributed by atoms with Crippen LogP contribution in [0.1, 0.15) is 25.1 Å². The predicted octanol–water partition coefficient (Wildman–Crippen LogP) is 1.20. The first kappa shape index (κ1) is 12.3. The van der Waals surface area contributed by atoms with Crippen molar-refractivity contribution >= 4 is 0 Å². The summed E-state index contributed by atoms with van der Waals surface area (Å²) >= 11 is 0. The van der Waals surface area contributed by atoms with E-state index in [1.807, 2.05) is 17.8 Å². The predicted molar refractivity (Wildman–Crippen MR) is 73.8 cm³/mol. The second-order valence-corrected chi connectivity index (χ2v) is 5.44. The summed E-state index contributed by atoms with van der Waals surface area (Å²) in [6.07, 6.45) is 8.22. The molecule has 3 aromatic rings. The molecule has 1 saturated carbocycles. The van der Waals surface area contributed by atoms with E-state index in [4.69, 9.17) is 10.3 Å². The van der Waals surface area contributed by atoms with E-state index in [1.165, 1.54) is 0 Å². The second-order valence-electron chi connectivity index (χ2n) is 5.44. The summed E-state index contributed by atoms with van der Waals surface area (Å²) < 4.78 is 7.11. The molecule has 4 rings (SSSR count). The zero-order chi connectivity index (χ0) is 14.4. The van der Waals surface area contributed by atoms with Crippen LogP contribution in [0.3, 0.4) is 0 Å². The number of rotatable bonds is 3. The van der Waals surface area contributed by atoms with E-state index < -0.39 is 0 Å². The quantitative estimate of drug-likeness (QED) is 0.747. The molecule has 108 valence electrons. The molecule has 0 amide bonds. The van der Waals surface area contributed by atoms with Gasteiger partial charge in [0.05, 0.1) is 11.7 Å². The SMILES string of the molecule is Cn1ccnc1-c1noc(-c2cnc(C3(N)CCC3)[nH]2)n1. The van der Waals surface area contributed by atoms with Crippen LogP contribution in [0.4, 0.5) is 0 Å². The largest absolute Gasteiger partial charge is 0.336 e. The van der Waals surface area contributed by atoms with Crippen molar-refractivity contribution in [3.05, 3.63) is 24.4 Å². The molecule has 0 spiro atoms. The molecule has 0 unspecified atom stereocenters. The summed E-state index contributed by atoms with van der Waals surface area (Å²) in [6.45, 7) is 0. The topological polar surface area (TPSA) is 111 Å². The molecule has 1 fully saturated rings. The molecule has 1 aliphatic rings. The Labute approximate surface area is 120 Å². The van der Waals surface area contributed by atoms with Gasteiger partial charge in [0.25, 0.3) is 5.89 Å². The molecule has 8 nitrogen and oxygen atoms in total. The lowest BCUT2D eigenvalue weighted by atomic mass is 9.77. The van der Waals surface area contributed by atoms with Crippen molar-refractivity contribution < 1.29 is 4.52 Å². The molecule has 3 heterocycles. The Morgan fingerprint density at radius 1 is 1.38 bits per heavy atom. The van der Waals surface area contributed by atoms with Crippen LogP contribution in [0.15, 0.2) is 23.1 Å². The van der Waals surface area contributed by atoms with Crippen molar-refractivity contribution in [2.75, 3.05) is 0 Å². The number of imidazole rings is 2. The van der Waals surface area contributed by atoms with Gasteiger partial charge in [-0.15, -0.1) is 0 Å². The van der Waals surface area contributed by atoms with Crippen LogP contribution in [0.2, 0.25) is 0 Å². The lowest BCUT2D eigenvalue weighted by Crippen LogP contribution is -2.44. The Bertz CT molecular complexity index is 780. The van der Waals surface area contributed by atoms with Crippen molar-refractivity contribution in [1.29, 1.82) is 0 Å². The minimum absolute atomic E-state index is 0.333. The van der Waals surface area contributed by atoms with Crippen molar-refractivity contribution in [2.24, 2.45) is 12.8 Å². The fourth-order valence-electron chi connectivity index (χ4n) is 2.48. The maximum atomic E-state index is 6.24. The monoisotopic (exact) mass is 285 g/mol. The van der Waals surface area contributed by atoms with Crippen molar-refractivity contribution in [1.82, 2.24) is 29.7 Å². The van der Waals surface area contributed by atoms with E-state index in [1.54, 1.807) is 12.4 Å². The number of hydrogen-bond acceptors (Lipinski definition) is 6. The third-order valence-electron chi connectivity index (χ3n) is 3.97. The van der Waals surface area contributed by atoms with E-state index in [0.29, 0.717) is 23.2 Å². The van der Waals surface area contributed by atoms with Crippen molar-refractivity contribution in [3.63, 3.8) is 0 Å². The fraction of sp³-hybridized carbons (Fsp3) is 0.385. The van der Waals surface area contributed by atoms with Crippen LogP contribution in [0, 0.1) is 0 Å². The van der Waals surface area contributed by atoms with Gasteiger partial charge in [0.2, 0.25) is 5.82 Å². The van der Waals surface area contributed by atoms with Crippen LogP contribution in [0.25, 0.3) is 23.2 Å². The molecule has 3 aromatic heterocycles. The fourth-order valence-corrected chi connectivity index (χ4v) is 2.48. The van der Waals surface area contributed by atoms with E-state index in [-0.39, 0.29) is 5.54 Å².